The van der Waals surface area contributed by atoms with Crippen molar-refractivity contribution in [2.24, 2.45) is 5.92 Å². The Bertz CT molecular complexity index is 397. The molecule has 1 spiro atoms. The second-order valence-electron chi connectivity index (χ2n) is 5.22. The van der Waals surface area contributed by atoms with E-state index in [1.54, 1.807) is 12.1 Å². The first-order valence-electron chi connectivity index (χ1n) is 6.26. The summed E-state index contributed by atoms with van der Waals surface area (Å²) in [6.07, 6.45) is 4.79. The monoisotopic (exact) mass is 256 g/mol. The quantitative estimate of drug-likeness (QED) is 0.883. The van der Waals surface area contributed by atoms with Gasteiger partial charge in [0.15, 0.2) is 5.22 Å². The van der Waals surface area contributed by atoms with Crippen LogP contribution in [0.2, 0.25) is 5.22 Å². The molecule has 1 aliphatic heterocycles. The largest absolute Gasteiger partial charge is 0.447 e. The Morgan fingerprint density at radius 2 is 2.24 bits per heavy atom. The molecule has 2 fully saturated rings. The van der Waals surface area contributed by atoms with Crippen LogP contribution in [-0.2, 0) is 4.74 Å². The smallest absolute Gasteiger partial charge is 0.193 e. The summed E-state index contributed by atoms with van der Waals surface area (Å²) in [5, 5.41) is 10.6. The van der Waals surface area contributed by atoms with Gasteiger partial charge in [-0.1, -0.05) is 0 Å². The van der Waals surface area contributed by atoms with Gasteiger partial charge in [0.2, 0.25) is 0 Å². The Kier molecular flexibility index (Phi) is 2.93. The van der Waals surface area contributed by atoms with Crippen LogP contribution in [0.3, 0.4) is 0 Å². The molecule has 1 N–H and O–H groups in total. The molecule has 0 aromatic carbocycles. The second kappa shape index (κ2) is 4.30. The van der Waals surface area contributed by atoms with E-state index in [1.165, 1.54) is 6.42 Å². The van der Waals surface area contributed by atoms with Gasteiger partial charge in [-0.25, -0.2) is 0 Å². The molecule has 2 unspecified atom stereocenters. The molecule has 4 heteroatoms. The molecule has 1 saturated heterocycles. The minimum Gasteiger partial charge on any atom is -0.447 e. The van der Waals surface area contributed by atoms with Crippen molar-refractivity contribution in [3.05, 3.63) is 23.1 Å². The zero-order valence-corrected chi connectivity index (χ0v) is 10.4. The number of hydrogen-bond donors (Lipinski definition) is 1. The summed E-state index contributed by atoms with van der Waals surface area (Å²) in [6.45, 7) is 0.746. The lowest BCUT2D eigenvalue weighted by molar-refractivity contribution is -0.158. The molecular formula is C13H17ClO3. The molecule has 94 valence electrons. The minimum absolute atomic E-state index is 0.0558. The van der Waals surface area contributed by atoms with E-state index in [-0.39, 0.29) is 11.5 Å². The van der Waals surface area contributed by atoms with E-state index in [9.17, 15) is 5.11 Å². The third kappa shape index (κ3) is 2.12. The molecule has 1 aromatic heterocycles. The lowest BCUT2D eigenvalue weighted by atomic mass is 9.70. The number of aliphatic hydroxyl groups excluding tert-OH is 1. The van der Waals surface area contributed by atoms with Crippen molar-refractivity contribution in [2.75, 3.05) is 6.61 Å². The van der Waals surface area contributed by atoms with Crippen molar-refractivity contribution in [3.63, 3.8) is 0 Å². The van der Waals surface area contributed by atoms with Crippen molar-refractivity contribution in [1.82, 2.24) is 0 Å². The normalized spacial score (nSPS) is 28.9. The van der Waals surface area contributed by atoms with Crippen LogP contribution in [0.5, 0.6) is 0 Å². The molecule has 1 aromatic rings. The number of hydrogen-bond acceptors (Lipinski definition) is 3. The predicted octanol–water partition coefficient (Wildman–Crippen LogP) is 3.32. The summed E-state index contributed by atoms with van der Waals surface area (Å²) in [5.74, 6) is 0.808. The van der Waals surface area contributed by atoms with Gasteiger partial charge in [0, 0.05) is 6.61 Å². The van der Waals surface area contributed by atoms with Crippen molar-refractivity contribution >= 4 is 11.6 Å². The van der Waals surface area contributed by atoms with Gasteiger partial charge in [-0.05, 0) is 61.8 Å². The maximum Gasteiger partial charge on any atom is 0.193 e. The summed E-state index contributed by atoms with van der Waals surface area (Å²) in [5.41, 5.74) is 0.0558. The first-order chi connectivity index (χ1) is 8.19. The predicted molar refractivity (Wildman–Crippen MR) is 63.9 cm³/mol. The van der Waals surface area contributed by atoms with Gasteiger partial charge < -0.3 is 14.3 Å². The van der Waals surface area contributed by atoms with Gasteiger partial charge in [-0.2, -0.15) is 0 Å². The van der Waals surface area contributed by atoms with Crippen LogP contribution in [0.1, 0.15) is 44.0 Å². The standard InChI is InChI=1S/C13H17ClO3/c14-11-3-2-10(17-11)12(15)9-4-7-16-13(8-9)5-1-6-13/h2-3,9,12,15H,1,4-8H2. The van der Waals surface area contributed by atoms with E-state index < -0.39 is 6.10 Å². The Balaban J connectivity index is 1.71. The van der Waals surface area contributed by atoms with E-state index >= 15 is 0 Å². The van der Waals surface area contributed by atoms with Gasteiger partial charge in [0.05, 0.1) is 5.60 Å². The van der Waals surface area contributed by atoms with Crippen LogP contribution >= 0.6 is 11.6 Å². The van der Waals surface area contributed by atoms with Crippen molar-refractivity contribution < 1.29 is 14.3 Å². The molecule has 0 amide bonds. The van der Waals surface area contributed by atoms with Gasteiger partial charge in [0.1, 0.15) is 11.9 Å². The van der Waals surface area contributed by atoms with Gasteiger partial charge in [-0.15, -0.1) is 0 Å². The third-order valence-corrected chi connectivity index (χ3v) is 4.33. The average molecular weight is 257 g/mol. The zero-order valence-electron chi connectivity index (χ0n) is 9.69. The molecule has 2 aliphatic rings. The maximum atomic E-state index is 10.3. The van der Waals surface area contributed by atoms with Crippen LogP contribution in [0.25, 0.3) is 0 Å². The highest BCUT2D eigenvalue weighted by molar-refractivity contribution is 6.28. The molecule has 0 bridgehead atoms. The summed E-state index contributed by atoms with van der Waals surface area (Å²) < 4.78 is 11.1. The van der Waals surface area contributed by atoms with E-state index in [0.717, 1.165) is 32.3 Å². The fourth-order valence-corrected chi connectivity index (χ4v) is 3.13. The fraction of sp³-hybridized carbons (Fsp3) is 0.692. The van der Waals surface area contributed by atoms with Crippen LogP contribution < -0.4 is 0 Å². The first-order valence-corrected chi connectivity index (χ1v) is 6.64. The van der Waals surface area contributed by atoms with E-state index in [0.29, 0.717) is 11.0 Å². The van der Waals surface area contributed by atoms with Crippen LogP contribution in [0.4, 0.5) is 0 Å². The maximum absolute atomic E-state index is 10.3. The number of rotatable bonds is 2. The highest BCUT2D eigenvalue weighted by atomic mass is 35.5. The summed E-state index contributed by atoms with van der Waals surface area (Å²) in [4.78, 5) is 0. The fourth-order valence-electron chi connectivity index (χ4n) is 2.97. The van der Waals surface area contributed by atoms with Gasteiger partial charge in [0.25, 0.3) is 0 Å². The molecule has 3 rings (SSSR count). The van der Waals surface area contributed by atoms with Crippen LogP contribution in [0, 0.1) is 5.92 Å². The van der Waals surface area contributed by atoms with E-state index in [2.05, 4.69) is 0 Å². The lowest BCUT2D eigenvalue weighted by Crippen LogP contribution is -2.46. The second-order valence-corrected chi connectivity index (χ2v) is 5.60. The van der Waals surface area contributed by atoms with Crippen LogP contribution in [0.15, 0.2) is 16.5 Å². The van der Waals surface area contributed by atoms with Crippen LogP contribution in [-0.4, -0.2) is 17.3 Å². The summed E-state index contributed by atoms with van der Waals surface area (Å²) in [7, 11) is 0. The molecule has 3 nitrogen and oxygen atoms in total. The number of ether oxygens (including phenoxy) is 1. The molecule has 2 heterocycles. The summed E-state index contributed by atoms with van der Waals surface area (Å²) >= 11 is 5.74. The topological polar surface area (TPSA) is 42.6 Å². The Labute approximate surface area is 106 Å². The number of aliphatic hydroxyl groups is 1. The Morgan fingerprint density at radius 1 is 1.41 bits per heavy atom. The molecule has 0 radical (unpaired) electrons. The molecule has 17 heavy (non-hydrogen) atoms. The van der Waals surface area contributed by atoms with Gasteiger partial charge in [-0.3, -0.25) is 0 Å². The van der Waals surface area contributed by atoms with Crippen molar-refractivity contribution in [3.8, 4) is 0 Å². The van der Waals surface area contributed by atoms with Gasteiger partial charge >= 0.3 is 0 Å². The number of furan rings is 1. The molecule has 1 saturated carbocycles. The highest BCUT2D eigenvalue weighted by Gasteiger charge is 2.44. The molecular weight excluding hydrogens is 240 g/mol. The Morgan fingerprint density at radius 3 is 2.82 bits per heavy atom. The molecule has 1 aliphatic carbocycles. The number of halogens is 1. The molecule has 2 atom stereocenters. The van der Waals surface area contributed by atoms with Crippen molar-refractivity contribution in [2.45, 2.75) is 43.8 Å². The van der Waals surface area contributed by atoms with E-state index in [4.69, 9.17) is 20.8 Å². The average Bonchev–Trinajstić information content (AvgIpc) is 2.73. The zero-order chi connectivity index (χ0) is 11.9. The first kappa shape index (κ1) is 11.6. The highest BCUT2D eigenvalue weighted by Crippen LogP contribution is 2.47. The SMILES string of the molecule is OC(c1ccc(Cl)o1)C1CCOC2(CCC2)C1. The summed E-state index contributed by atoms with van der Waals surface area (Å²) in [6, 6.07) is 3.44. The lowest BCUT2D eigenvalue weighted by Gasteiger charge is -2.47. The third-order valence-electron chi connectivity index (χ3n) is 4.13. The minimum atomic E-state index is -0.552. The van der Waals surface area contributed by atoms with E-state index in [1.807, 2.05) is 0 Å². The Hall–Kier alpha value is -0.510. The van der Waals surface area contributed by atoms with Crippen molar-refractivity contribution in [1.29, 1.82) is 0 Å².